The van der Waals surface area contributed by atoms with Gasteiger partial charge in [0.05, 0.1) is 4.90 Å². The second-order valence-electron chi connectivity index (χ2n) is 5.26. The highest BCUT2D eigenvalue weighted by molar-refractivity contribution is 9.10. The van der Waals surface area contributed by atoms with Crippen molar-refractivity contribution in [2.24, 2.45) is 0 Å². The summed E-state index contributed by atoms with van der Waals surface area (Å²) in [5.74, 6) is 0. The molecule has 0 aliphatic rings. The lowest BCUT2D eigenvalue weighted by Gasteiger charge is -2.12. The second-order valence-corrected chi connectivity index (χ2v) is 7.83. The van der Waals surface area contributed by atoms with Crippen molar-refractivity contribution in [3.63, 3.8) is 0 Å². The van der Waals surface area contributed by atoms with Gasteiger partial charge in [-0.15, -0.1) is 0 Å². The van der Waals surface area contributed by atoms with Gasteiger partial charge in [0, 0.05) is 22.7 Å². The lowest BCUT2D eigenvalue weighted by molar-refractivity contribution is 0.570. The maximum atomic E-state index is 12.1. The van der Waals surface area contributed by atoms with Gasteiger partial charge in [0.1, 0.15) is 0 Å². The predicted molar refractivity (Wildman–Crippen MR) is 93.4 cm³/mol. The smallest absolute Gasteiger partial charge is 0.240 e. The van der Waals surface area contributed by atoms with E-state index in [1.807, 2.05) is 30.3 Å². The van der Waals surface area contributed by atoms with Crippen LogP contribution < -0.4 is 10.0 Å². The molecular formula is C16H19BrN2O2S. The van der Waals surface area contributed by atoms with Gasteiger partial charge in [-0.1, -0.05) is 30.3 Å². The number of rotatable bonds is 6. The van der Waals surface area contributed by atoms with Crippen LogP contribution in [0.2, 0.25) is 0 Å². The summed E-state index contributed by atoms with van der Waals surface area (Å²) in [5.41, 5.74) is 2.01. The second kappa shape index (κ2) is 7.26. The van der Waals surface area contributed by atoms with Crippen molar-refractivity contribution in [3.05, 3.63) is 58.6 Å². The SMILES string of the molecule is CC(C)NS(=O)(=O)c1ccc(NCc2ccccc2)c(Br)c1. The van der Waals surface area contributed by atoms with Crippen molar-refractivity contribution in [2.75, 3.05) is 5.32 Å². The zero-order chi connectivity index (χ0) is 16.2. The highest BCUT2D eigenvalue weighted by atomic mass is 79.9. The van der Waals surface area contributed by atoms with Gasteiger partial charge >= 0.3 is 0 Å². The molecule has 2 aromatic rings. The topological polar surface area (TPSA) is 58.2 Å². The van der Waals surface area contributed by atoms with Crippen LogP contribution in [0, 0.1) is 0 Å². The molecule has 2 aromatic carbocycles. The first kappa shape index (κ1) is 17.0. The van der Waals surface area contributed by atoms with Crippen molar-refractivity contribution >= 4 is 31.6 Å². The summed E-state index contributed by atoms with van der Waals surface area (Å²) < 4.78 is 27.6. The molecule has 0 radical (unpaired) electrons. The fraction of sp³-hybridized carbons (Fsp3) is 0.250. The van der Waals surface area contributed by atoms with Crippen LogP contribution in [-0.2, 0) is 16.6 Å². The van der Waals surface area contributed by atoms with E-state index in [0.717, 1.165) is 15.7 Å². The number of benzene rings is 2. The van der Waals surface area contributed by atoms with E-state index in [2.05, 4.69) is 26.0 Å². The summed E-state index contributed by atoms with van der Waals surface area (Å²) >= 11 is 3.42. The van der Waals surface area contributed by atoms with E-state index in [1.165, 1.54) is 0 Å². The maximum absolute atomic E-state index is 12.1. The van der Waals surface area contributed by atoms with E-state index < -0.39 is 10.0 Å². The molecule has 0 amide bonds. The van der Waals surface area contributed by atoms with Gasteiger partial charge < -0.3 is 5.32 Å². The number of sulfonamides is 1. The summed E-state index contributed by atoms with van der Waals surface area (Å²) in [5, 5.41) is 3.29. The summed E-state index contributed by atoms with van der Waals surface area (Å²) in [4.78, 5) is 0.248. The van der Waals surface area contributed by atoms with Crippen LogP contribution in [0.5, 0.6) is 0 Å². The Morgan fingerprint density at radius 3 is 2.36 bits per heavy atom. The van der Waals surface area contributed by atoms with Gasteiger partial charge in [-0.3, -0.25) is 0 Å². The molecule has 0 atom stereocenters. The zero-order valence-corrected chi connectivity index (χ0v) is 14.9. The molecule has 2 N–H and O–H groups in total. The highest BCUT2D eigenvalue weighted by Crippen LogP contribution is 2.26. The molecule has 0 aliphatic heterocycles. The van der Waals surface area contributed by atoms with E-state index in [-0.39, 0.29) is 10.9 Å². The Bertz CT molecular complexity index is 731. The molecule has 0 saturated carbocycles. The third-order valence-corrected chi connectivity index (χ3v) is 5.28. The number of hydrogen-bond acceptors (Lipinski definition) is 3. The normalized spacial score (nSPS) is 11.6. The van der Waals surface area contributed by atoms with Gasteiger partial charge in [0.2, 0.25) is 10.0 Å². The molecule has 2 rings (SSSR count). The minimum atomic E-state index is -3.47. The van der Waals surface area contributed by atoms with Crippen LogP contribution >= 0.6 is 15.9 Å². The highest BCUT2D eigenvalue weighted by Gasteiger charge is 2.16. The summed E-state index contributed by atoms with van der Waals surface area (Å²) in [6.45, 7) is 4.26. The van der Waals surface area contributed by atoms with Crippen LogP contribution in [0.4, 0.5) is 5.69 Å². The van der Waals surface area contributed by atoms with Crippen LogP contribution in [0.1, 0.15) is 19.4 Å². The van der Waals surface area contributed by atoms with E-state index in [1.54, 1.807) is 32.0 Å². The predicted octanol–water partition coefficient (Wildman–Crippen LogP) is 3.75. The number of anilines is 1. The third kappa shape index (κ3) is 4.56. The molecule has 4 nitrogen and oxygen atoms in total. The third-order valence-electron chi connectivity index (χ3n) is 2.97. The van der Waals surface area contributed by atoms with E-state index in [9.17, 15) is 8.42 Å². The van der Waals surface area contributed by atoms with Crippen molar-refractivity contribution in [3.8, 4) is 0 Å². The largest absolute Gasteiger partial charge is 0.380 e. The van der Waals surface area contributed by atoms with E-state index in [0.29, 0.717) is 6.54 Å². The van der Waals surface area contributed by atoms with Gasteiger partial charge in [0.15, 0.2) is 0 Å². The molecule has 0 heterocycles. The Balaban J connectivity index is 2.13. The molecule has 6 heteroatoms. The van der Waals surface area contributed by atoms with Crippen LogP contribution in [0.3, 0.4) is 0 Å². The Kier molecular flexibility index (Phi) is 5.61. The molecule has 0 aromatic heterocycles. The summed E-state index contributed by atoms with van der Waals surface area (Å²) in [6, 6.07) is 14.8. The standard InChI is InChI=1S/C16H19BrN2O2S/c1-12(2)19-22(20,21)14-8-9-16(15(17)10-14)18-11-13-6-4-3-5-7-13/h3-10,12,18-19H,11H2,1-2H3. The van der Waals surface area contributed by atoms with Crippen LogP contribution in [-0.4, -0.2) is 14.5 Å². The Morgan fingerprint density at radius 2 is 1.77 bits per heavy atom. The lowest BCUT2D eigenvalue weighted by atomic mass is 10.2. The minimum Gasteiger partial charge on any atom is -0.380 e. The fourth-order valence-electron chi connectivity index (χ4n) is 1.98. The first-order valence-electron chi connectivity index (χ1n) is 6.98. The number of halogens is 1. The van der Waals surface area contributed by atoms with E-state index >= 15 is 0 Å². The van der Waals surface area contributed by atoms with Crippen LogP contribution in [0.25, 0.3) is 0 Å². The molecule has 22 heavy (non-hydrogen) atoms. The Labute approximate surface area is 140 Å². The average molecular weight is 383 g/mol. The van der Waals surface area contributed by atoms with Crippen molar-refractivity contribution in [2.45, 2.75) is 31.3 Å². The zero-order valence-electron chi connectivity index (χ0n) is 12.5. The number of nitrogens with one attached hydrogen (secondary N) is 2. The number of hydrogen-bond donors (Lipinski definition) is 2. The molecule has 0 unspecified atom stereocenters. The first-order valence-corrected chi connectivity index (χ1v) is 9.26. The molecule has 118 valence electrons. The molecule has 0 spiro atoms. The maximum Gasteiger partial charge on any atom is 0.240 e. The quantitative estimate of drug-likeness (QED) is 0.799. The van der Waals surface area contributed by atoms with Crippen LogP contribution in [0.15, 0.2) is 57.9 Å². The molecule has 0 fully saturated rings. The fourth-order valence-corrected chi connectivity index (χ4v) is 3.93. The van der Waals surface area contributed by atoms with Gasteiger partial charge in [-0.2, -0.15) is 0 Å². The molecule has 0 saturated heterocycles. The van der Waals surface area contributed by atoms with Gasteiger partial charge in [-0.05, 0) is 53.5 Å². The van der Waals surface area contributed by atoms with Crippen molar-refractivity contribution in [1.82, 2.24) is 4.72 Å². The van der Waals surface area contributed by atoms with Crippen molar-refractivity contribution < 1.29 is 8.42 Å². The first-order chi connectivity index (χ1) is 10.4. The molecular weight excluding hydrogens is 364 g/mol. The van der Waals surface area contributed by atoms with Gasteiger partial charge in [-0.25, -0.2) is 13.1 Å². The summed E-state index contributed by atoms with van der Waals surface area (Å²) in [7, 11) is -3.47. The Hall–Kier alpha value is -1.37. The van der Waals surface area contributed by atoms with Gasteiger partial charge in [0.25, 0.3) is 0 Å². The lowest BCUT2D eigenvalue weighted by Crippen LogP contribution is -2.30. The monoisotopic (exact) mass is 382 g/mol. The minimum absolute atomic E-state index is 0.139. The molecule has 0 aliphatic carbocycles. The van der Waals surface area contributed by atoms with Crippen molar-refractivity contribution in [1.29, 1.82) is 0 Å². The molecule has 0 bridgehead atoms. The average Bonchev–Trinajstić information content (AvgIpc) is 2.45. The van der Waals surface area contributed by atoms with E-state index in [4.69, 9.17) is 0 Å². The Morgan fingerprint density at radius 1 is 1.09 bits per heavy atom. The summed E-state index contributed by atoms with van der Waals surface area (Å²) in [6.07, 6.45) is 0.